The number of rotatable bonds is 2. The van der Waals surface area contributed by atoms with Crippen LogP contribution in [-0.2, 0) is 5.41 Å². The highest BCUT2D eigenvalue weighted by atomic mass is 14.9. The second-order valence-corrected chi connectivity index (χ2v) is 5.65. The van der Waals surface area contributed by atoms with E-state index in [0.717, 1.165) is 5.52 Å². The van der Waals surface area contributed by atoms with Crippen LogP contribution >= 0.6 is 0 Å². The van der Waals surface area contributed by atoms with E-state index in [9.17, 15) is 0 Å². The van der Waals surface area contributed by atoms with Crippen molar-refractivity contribution in [2.75, 3.05) is 0 Å². The summed E-state index contributed by atoms with van der Waals surface area (Å²) in [5.74, 6) is 0. The maximum Gasteiger partial charge on any atom is 0.0702 e. The normalized spacial score (nSPS) is 23.6. The summed E-state index contributed by atoms with van der Waals surface area (Å²) < 4.78 is 0. The fourth-order valence-electron chi connectivity index (χ4n) is 3.14. The van der Waals surface area contributed by atoms with Gasteiger partial charge < -0.3 is 5.73 Å². The maximum absolute atomic E-state index is 6.44. The summed E-state index contributed by atoms with van der Waals surface area (Å²) in [5.41, 5.74) is 9.20. The van der Waals surface area contributed by atoms with Gasteiger partial charge in [-0.15, -0.1) is 0 Å². The van der Waals surface area contributed by atoms with E-state index in [0.29, 0.717) is 0 Å². The van der Waals surface area contributed by atoms with Crippen LogP contribution in [0.2, 0.25) is 0 Å². The van der Waals surface area contributed by atoms with Crippen molar-refractivity contribution >= 4 is 10.9 Å². The smallest absolute Gasteiger partial charge is 0.0702 e. The van der Waals surface area contributed by atoms with Crippen molar-refractivity contribution in [3.05, 3.63) is 42.1 Å². The molecule has 0 saturated heterocycles. The molecule has 2 saturated carbocycles. The summed E-state index contributed by atoms with van der Waals surface area (Å²) in [5, 5.41) is 1.24. The van der Waals surface area contributed by atoms with Crippen molar-refractivity contribution in [2.24, 2.45) is 5.73 Å². The van der Waals surface area contributed by atoms with Crippen LogP contribution in [0.4, 0.5) is 0 Å². The lowest BCUT2D eigenvalue weighted by Crippen LogP contribution is -2.37. The number of hydrogen-bond acceptors (Lipinski definition) is 2. The lowest BCUT2D eigenvalue weighted by atomic mass is 9.87. The third-order valence-corrected chi connectivity index (χ3v) is 4.63. The first kappa shape index (κ1) is 9.60. The zero-order valence-corrected chi connectivity index (χ0v) is 9.82. The molecule has 0 radical (unpaired) electrons. The van der Waals surface area contributed by atoms with Crippen LogP contribution in [0.5, 0.6) is 0 Å². The summed E-state index contributed by atoms with van der Waals surface area (Å²) in [4.78, 5) is 4.57. The van der Waals surface area contributed by atoms with Crippen molar-refractivity contribution in [3.8, 4) is 0 Å². The molecule has 2 aliphatic carbocycles. The third kappa shape index (κ3) is 1.22. The largest absolute Gasteiger partial charge is 0.324 e. The van der Waals surface area contributed by atoms with Gasteiger partial charge in [-0.1, -0.05) is 18.2 Å². The quantitative estimate of drug-likeness (QED) is 0.852. The highest BCUT2D eigenvalue weighted by Gasteiger charge is 2.64. The van der Waals surface area contributed by atoms with Gasteiger partial charge in [-0.2, -0.15) is 0 Å². The number of benzene rings is 1. The van der Waals surface area contributed by atoms with E-state index in [-0.39, 0.29) is 11.0 Å². The van der Waals surface area contributed by atoms with Gasteiger partial charge in [0.2, 0.25) is 0 Å². The molecule has 0 unspecified atom stereocenters. The van der Waals surface area contributed by atoms with E-state index in [4.69, 9.17) is 5.73 Å². The Morgan fingerprint density at radius 1 is 1.06 bits per heavy atom. The van der Waals surface area contributed by atoms with Crippen LogP contribution in [-0.4, -0.2) is 10.5 Å². The average Bonchev–Trinajstić information content (AvgIpc) is 3.24. The zero-order valence-electron chi connectivity index (χ0n) is 9.82. The lowest BCUT2D eigenvalue weighted by molar-refractivity contribution is 0.502. The minimum atomic E-state index is 0.0805. The molecule has 2 aliphatic rings. The van der Waals surface area contributed by atoms with Crippen LogP contribution in [0, 0.1) is 0 Å². The maximum atomic E-state index is 6.44. The summed E-state index contributed by atoms with van der Waals surface area (Å²) in [6.07, 6.45) is 6.88. The second kappa shape index (κ2) is 2.88. The number of para-hydroxylation sites is 1. The van der Waals surface area contributed by atoms with Crippen molar-refractivity contribution in [3.63, 3.8) is 0 Å². The topological polar surface area (TPSA) is 38.9 Å². The van der Waals surface area contributed by atoms with E-state index in [2.05, 4.69) is 29.2 Å². The Hall–Kier alpha value is -1.41. The minimum Gasteiger partial charge on any atom is -0.324 e. The van der Waals surface area contributed by atoms with Gasteiger partial charge in [0.25, 0.3) is 0 Å². The number of pyridine rings is 1. The zero-order chi connectivity index (χ0) is 11.5. The van der Waals surface area contributed by atoms with Crippen LogP contribution in [0.3, 0.4) is 0 Å². The number of hydrogen-bond donors (Lipinski definition) is 1. The summed E-state index contributed by atoms with van der Waals surface area (Å²) in [6, 6.07) is 10.6. The SMILES string of the molecule is NC1(C2(c3cnc4ccccc4c3)CC2)CC1. The van der Waals surface area contributed by atoms with Crippen molar-refractivity contribution < 1.29 is 0 Å². The Labute approximate surface area is 101 Å². The van der Waals surface area contributed by atoms with Gasteiger partial charge in [0, 0.05) is 22.5 Å². The average molecular weight is 224 g/mol. The number of nitrogens with zero attached hydrogens (tertiary/aromatic N) is 1. The van der Waals surface area contributed by atoms with E-state index in [1.54, 1.807) is 0 Å². The second-order valence-electron chi connectivity index (χ2n) is 5.65. The molecule has 4 rings (SSSR count). The summed E-state index contributed by atoms with van der Waals surface area (Å²) in [6.45, 7) is 0. The van der Waals surface area contributed by atoms with E-state index >= 15 is 0 Å². The highest BCUT2D eigenvalue weighted by molar-refractivity contribution is 5.79. The Morgan fingerprint density at radius 2 is 1.82 bits per heavy atom. The van der Waals surface area contributed by atoms with E-state index < -0.39 is 0 Å². The van der Waals surface area contributed by atoms with Gasteiger partial charge >= 0.3 is 0 Å². The van der Waals surface area contributed by atoms with Crippen LogP contribution in [0.1, 0.15) is 31.2 Å². The molecule has 86 valence electrons. The molecule has 2 fully saturated rings. The van der Waals surface area contributed by atoms with Crippen molar-refractivity contribution in [1.29, 1.82) is 0 Å². The molecule has 2 nitrogen and oxygen atoms in total. The molecule has 0 amide bonds. The molecule has 1 heterocycles. The molecule has 0 bridgehead atoms. The molecular formula is C15H16N2. The summed E-state index contributed by atoms with van der Waals surface area (Å²) in [7, 11) is 0. The Morgan fingerprint density at radius 3 is 2.53 bits per heavy atom. The molecule has 2 N–H and O–H groups in total. The van der Waals surface area contributed by atoms with Crippen LogP contribution < -0.4 is 5.73 Å². The minimum absolute atomic E-state index is 0.0805. The standard InChI is InChI=1S/C15H16N2/c16-15(7-8-15)14(5-6-14)12-9-11-3-1-2-4-13(11)17-10-12/h1-4,9-10H,5-8,16H2. The van der Waals surface area contributed by atoms with Crippen molar-refractivity contribution in [1.82, 2.24) is 4.98 Å². The Kier molecular flexibility index (Phi) is 1.63. The molecule has 1 aromatic carbocycles. The first-order valence-corrected chi connectivity index (χ1v) is 6.38. The predicted molar refractivity (Wildman–Crippen MR) is 68.8 cm³/mol. The Bertz CT molecular complexity index is 595. The number of nitrogens with two attached hydrogens (primary N) is 1. The molecule has 0 aliphatic heterocycles. The monoisotopic (exact) mass is 224 g/mol. The van der Waals surface area contributed by atoms with E-state index in [1.807, 2.05) is 12.3 Å². The van der Waals surface area contributed by atoms with Crippen LogP contribution in [0.15, 0.2) is 36.5 Å². The van der Waals surface area contributed by atoms with Gasteiger partial charge in [0.1, 0.15) is 0 Å². The molecule has 2 heteroatoms. The Balaban J connectivity index is 1.87. The molecular weight excluding hydrogens is 208 g/mol. The number of aromatic nitrogens is 1. The first-order chi connectivity index (χ1) is 8.24. The fourth-order valence-corrected chi connectivity index (χ4v) is 3.14. The predicted octanol–water partition coefficient (Wildman–Crippen LogP) is 2.76. The molecule has 1 aromatic heterocycles. The van der Waals surface area contributed by atoms with Crippen molar-refractivity contribution in [2.45, 2.75) is 36.6 Å². The fraction of sp³-hybridized carbons (Fsp3) is 0.400. The van der Waals surface area contributed by atoms with Crippen LogP contribution in [0.25, 0.3) is 10.9 Å². The molecule has 2 aromatic rings. The first-order valence-electron chi connectivity index (χ1n) is 6.38. The molecule has 0 spiro atoms. The summed E-state index contributed by atoms with van der Waals surface area (Å²) >= 11 is 0. The lowest BCUT2D eigenvalue weighted by Gasteiger charge is -2.23. The van der Waals surface area contributed by atoms with Gasteiger partial charge in [0.05, 0.1) is 5.52 Å². The number of fused-ring (bicyclic) bond motifs is 1. The third-order valence-electron chi connectivity index (χ3n) is 4.63. The van der Waals surface area contributed by atoms with Gasteiger partial charge in [-0.25, -0.2) is 0 Å². The van der Waals surface area contributed by atoms with Gasteiger partial charge in [-0.3, -0.25) is 4.98 Å². The molecule has 17 heavy (non-hydrogen) atoms. The highest BCUT2D eigenvalue weighted by Crippen LogP contribution is 2.63. The molecule has 0 atom stereocenters. The van der Waals surface area contributed by atoms with Gasteiger partial charge in [-0.05, 0) is 43.4 Å². The van der Waals surface area contributed by atoms with E-state index in [1.165, 1.54) is 36.6 Å². The van der Waals surface area contributed by atoms with Gasteiger partial charge in [0.15, 0.2) is 0 Å².